The molecule has 0 spiro atoms. The summed E-state index contributed by atoms with van der Waals surface area (Å²) in [5, 5.41) is 2.67. The van der Waals surface area contributed by atoms with Gasteiger partial charge in [-0.1, -0.05) is 0 Å². The third kappa shape index (κ3) is 2.01. The number of anilines is 2. The Morgan fingerprint density at radius 1 is 1.47 bits per heavy atom. The highest BCUT2D eigenvalue weighted by Gasteiger charge is 2.31. The molecule has 0 saturated heterocycles. The fraction of sp³-hybridized carbons (Fsp3) is 0.0833. The molecule has 1 aliphatic rings. The Morgan fingerprint density at radius 3 is 3.05 bits per heavy atom. The minimum absolute atomic E-state index is 0.0873. The lowest BCUT2D eigenvalue weighted by atomic mass is 10.2. The summed E-state index contributed by atoms with van der Waals surface area (Å²) in [6.45, 7) is -0.0873. The molecule has 2 aromatic heterocycles. The number of hydrogen-bond donors (Lipinski definition) is 1. The number of rotatable bonds is 1. The van der Waals surface area contributed by atoms with Gasteiger partial charge in [0.1, 0.15) is 6.54 Å². The van der Waals surface area contributed by atoms with E-state index < -0.39 is 5.91 Å². The van der Waals surface area contributed by atoms with Crippen LogP contribution >= 0.6 is 15.9 Å². The van der Waals surface area contributed by atoms with Gasteiger partial charge in [-0.05, 0) is 34.1 Å². The summed E-state index contributed by atoms with van der Waals surface area (Å²) in [6, 6.07) is 5.00. The van der Waals surface area contributed by atoms with Crippen LogP contribution in [0, 0.1) is 0 Å². The van der Waals surface area contributed by atoms with E-state index in [-0.39, 0.29) is 18.2 Å². The fourth-order valence-corrected chi connectivity index (χ4v) is 2.23. The molecule has 2 aromatic rings. The number of fused-ring (bicyclic) bond motifs is 1. The minimum Gasteiger partial charge on any atom is -0.458 e. The highest BCUT2D eigenvalue weighted by molar-refractivity contribution is 9.10. The molecule has 0 fully saturated rings. The van der Waals surface area contributed by atoms with Crippen molar-refractivity contribution in [3.8, 4) is 0 Å². The first-order valence-electron chi connectivity index (χ1n) is 5.46. The number of carbonyl (C=O) groups excluding carboxylic acids is 2. The zero-order valence-electron chi connectivity index (χ0n) is 9.59. The van der Waals surface area contributed by atoms with Crippen LogP contribution in [-0.4, -0.2) is 23.3 Å². The smallest absolute Gasteiger partial charge is 0.296 e. The van der Waals surface area contributed by atoms with Crippen molar-refractivity contribution in [1.82, 2.24) is 4.98 Å². The van der Waals surface area contributed by atoms with Crippen LogP contribution in [0.25, 0.3) is 0 Å². The summed E-state index contributed by atoms with van der Waals surface area (Å²) in [4.78, 5) is 29.4. The molecule has 7 heteroatoms. The zero-order valence-corrected chi connectivity index (χ0v) is 11.2. The second kappa shape index (κ2) is 4.51. The monoisotopic (exact) mass is 321 g/mol. The molecule has 0 saturated carbocycles. The number of hydrogen-bond acceptors (Lipinski definition) is 4. The number of pyridine rings is 1. The van der Waals surface area contributed by atoms with Gasteiger partial charge >= 0.3 is 0 Å². The molecule has 2 amide bonds. The molecule has 1 N–H and O–H groups in total. The number of carbonyl (C=O) groups is 2. The number of amides is 2. The third-order valence-electron chi connectivity index (χ3n) is 2.67. The van der Waals surface area contributed by atoms with Crippen LogP contribution in [-0.2, 0) is 4.79 Å². The van der Waals surface area contributed by atoms with Gasteiger partial charge in [-0.25, -0.2) is 4.98 Å². The lowest BCUT2D eigenvalue weighted by Crippen LogP contribution is -2.42. The number of nitrogens with one attached hydrogen (secondary N) is 1. The molecule has 0 atom stereocenters. The van der Waals surface area contributed by atoms with Gasteiger partial charge in [-0.2, -0.15) is 0 Å². The molecule has 96 valence electrons. The first-order chi connectivity index (χ1) is 9.16. The predicted molar refractivity (Wildman–Crippen MR) is 71.0 cm³/mol. The van der Waals surface area contributed by atoms with Gasteiger partial charge in [0, 0.05) is 6.20 Å². The third-order valence-corrected chi connectivity index (χ3v) is 3.30. The van der Waals surface area contributed by atoms with E-state index in [0.29, 0.717) is 16.0 Å². The molecule has 19 heavy (non-hydrogen) atoms. The quantitative estimate of drug-likeness (QED) is 0.872. The Labute approximate surface area is 116 Å². The molecule has 1 aliphatic heterocycles. The fourth-order valence-electron chi connectivity index (χ4n) is 1.85. The van der Waals surface area contributed by atoms with E-state index in [4.69, 9.17) is 4.42 Å². The van der Waals surface area contributed by atoms with Crippen molar-refractivity contribution in [3.05, 3.63) is 40.9 Å². The topological polar surface area (TPSA) is 75.4 Å². The maximum absolute atomic E-state index is 12.4. The summed E-state index contributed by atoms with van der Waals surface area (Å²) >= 11 is 3.23. The number of aromatic nitrogens is 1. The van der Waals surface area contributed by atoms with Gasteiger partial charge in [-0.3, -0.25) is 14.5 Å². The highest BCUT2D eigenvalue weighted by Crippen LogP contribution is 2.29. The average Bonchev–Trinajstić information content (AvgIpc) is 2.83. The minimum atomic E-state index is -0.410. The van der Waals surface area contributed by atoms with Crippen molar-refractivity contribution in [1.29, 1.82) is 0 Å². The largest absolute Gasteiger partial charge is 0.458 e. The molecule has 0 radical (unpaired) electrons. The van der Waals surface area contributed by atoms with E-state index >= 15 is 0 Å². The van der Waals surface area contributed by atoms with Crippen LogP contribution in [0.2, 0.25) is 0 Å². The van der Waals surface area contributed by atoms with Gasteiger partial charge in [0.25, 0.3) is 5.91 Å². The van der Waals surface area contributed by atoms with Gasteiger partial charge in [0.05, 0.1) is 16.4 Å². The summed E-state index contributed by atoms with van der Waals surface area (Å²) in [7, 11) is 0. The van der Waals surface area contributed by atoms with Crippen LogP contribution in [0.3, 0.4) is 0 Å². The first-order valence-corrected chi connectivity index (χ1v) is 6.26. The molecule has 3 heterocycles. The van der Waals surface area contributed by atoms with E-state index in [2.05, 4.69) is 26.2 Å². The van der Waals surface area contributed by atoms with Crippen LogP contribution in [0.5, 0.6) is 0 Å². The van der Waals surface area contributed by atoms with Gasteiger partial charge < -0.3 is 9.73 Å². The lowest BCUT2D eigenvalue weighted by molar-refractivity contribution is -0.115. The van der Waals surface area contributed by atoms with Crippen molar-refractivity contribution in [2.24, 2.45) is 0 Å². The number of halogens is 1. The molecule has 6 nitrogen and oxygen atoms in total. The Bertz CT molecular complexity index is 668. The van der Waals surface area contributed by atoms with E-state index in [9.17, 15) is 9.59 Å². The summed E-state index contributed by atoms with van der Waals surface area (Å²) in [5.74, 6) is -0.120. The molecule has 0 bridgehead atoms. The summed E-state index contributed by atoms with van der Waals surface area (Å²) in [5.41, 5.74) is 0.509. The molecule has 3 rings (SSSR count). The van der Waals surface area contributed by atoms with Gasteiger partial charge in [0.2, 0.25) is 11.7 Å². The van der Waals surface area contributed by atoms with Gasteiger partial charge in [0.15, 0.2) is 5.82 Å². The molecule has 0 unspecified atom stereocenters. The summed E-state index contributed by atoms with van der Waals surface area (Å²) in [6.07, 6.45) is 2.97. The maximum Gasteiger partial charge on any atom is 0.296 e. The van der Waals surface area contributed by atoms with Crippen molar-refractivity contribution >= 4 is 39.2 Å². The Kier molecular flexibility index (Phi) is 2.83. The van der Waals surface area contributed by atoms with Crippen LogP contribution in [0.4, 0.5) is 11.5 Å². The zero-order chi connectivity index (χ0) is 13.4. The van der Waals surface area contributed by atoms with E-state index in [1.54, 1.807) is 24.4 Å². The highest BCUT2D eigenvalue weighted by atomic mass is 79.9. The van der Waals surface area contributed by atoms with E-state index in [1.807, 2.05) is 0 Å². The van der Waals surface area contributed by atoms with E-state index in [0.717, 1.165) is 0 Å². The maximum atomic E-state index is 12.4. The normalized spacial score (nSPS) is 13.9. The second-order valence-electron chi connectivity index (χ2n) is 3.91. The Balaban J connectivity index is 2.04. The van der Waals surface area contributed by atoms with Crippen LogP contribution < -0.4 is 10.2 Å². The van der Waals surface area contributed by atoms with E-state index in [1.165, 1.54) is 11.2 Å². The Morgan fingerprint density at radius 2 is 2.32 bits per heavy atom. The summed E-state index contributed by atoms with van der Waals surface area (Å²) < 4.78 is 5.67. The first kappa shape index (κ1) is 11.9. The van der Waals surface area contributed by atoms with Crippen LogP contribution in [0.1, 0.15) is 10.6 Å². The molecular formula is C12H8BrN3O3. The molecular weight excluding hydrogens is 314 g/mol. The predicted octanol–water partition coefficient (Wildman–Crippen LogP) is 2.04. The second-order valence-corrected chi connectivity index (χ2v) is 4.77. The average molecular weight is 322 g/mol. The SMILES string of the molecule is O=C1CN(C(=O)c2occc2Br)c2ncccc2N1. The standard InChI is InChI=1S/C12H8BrN3O3/c13-7-3-5-19-10(7)12(18)16-6-9(17)15-8-2-1-4-14-11(8)16/h1-5H,6H2,(H,15,17). The molecule has 0 aromatic carbocycles. The Hall–Kier alpha value is -2.15. The van der Waals surface area contributed by atoms with Gasteiger partial charge in [-0.15, -0.1) is 0 Å². The van der Waals surface area contributed by atoms with Crippen molar-refractivity contribution in [3.63, 3.8) is 0 Å². The lowest BCUT2D eigenvalue weighted by Gasteiger charge is -2.27. The number of furan rings is 1. The van der Waals surface area contributed by atoms with Crippen LogP contribution in [0.15, 0.2) is 39.5 Å². The van der Waals surface area contributed by atoms with Crippen molar-refractivity contribution in [2.45, 2.75) is 0 Å². The number of nitrogens with zero attached hydrogens (tertiary/aromatic N) is 2. The van der Waals surface area contributed by atoms with Crippen molar-refractivity contribution in [2.75, 3.05) is 16.8 Å². The molecule has 0 aliphatic carbocycles. The van der Waals surface area contributed by atoms with Crippen molar-refractivity contribution < 1.29 is 14.0 Å².